The number of imide groups is 1. The van der Waals surface area contributed by atoms with E-state index in [2.05, 4.69) is 5.32 Å². The Morgan fingerprint density at radius 1 is 1.22 bits per heavy atom. The number of ether oxygens (including phenoxy) is 2. The molecule has 2 aromatic carbocycles. The maximum atomic E-state index is 12.7. The third kappa shape index (κ3) is 4.14. The molecule has 10 nitrogen and oxygen atoms in total. The highest BCUT2D eigenvalue weighted by Gasteiger charge is 2.37. The zero-order valence-corrected chi connectivity index (χ0v) is 17.9. The van der Waals surface area contributed by atoms with Gasteiger partial charge in [-0.05, 0) is 49.4 Å². The lowest BCUT2D eigenvalue weighted by molar-refractivity contribution is -0.385. The second-order valence-corrected chi connectivity index (χ2v) is 8.15. The third-order valence-electron chi connectivity index (χ3n) is 4.84. The number of hydrogen-bond acceptors (Lipinski definition) is 8. The lowest BCUT2D eigenvalue weighted by Crippen LogP contribution is -2.36. The second kappa shape index (κ2) is 8.35. The van der Waals surface area contributed by atoms with Crippen molar-refractivity contribution in [2.24, 2.45) is 0 Å². The van der Waals surface area contributed by atoms with Gasteiger partial charge in [-0.15, -0.1) is 0 Å². The van der Waals surface area contributed by atoms with Crippen LogP contribution >= 0.6 is 11.8 Å². The lowest BCUT2D eigenvalue weighted by Gasteiger charge is -2.14. The second-order valence-electron chi connectivity index (χ2n) is 7.16. The Bertz CT molecular complexity index is 1210. The molecule has 0 atom stereocenters. The predicted octanol–water partition coefficient (Wildman–Crippen LogP) is 3.62. The average molecular weight is 455 g/mol. The average Bonchev–Trinajstić information content (AvgIpc) is 3.29. The minimum Gasteiger partial charge on any atom is -0.454 e. The summed E-state index contributed by atoms with van der Waals surface area (Å²) in [6, 6.07) is 8.06. The van der Waals surface area contributed by atoms with Crippen molar-refractivity contribution in [2.75, 3.05) is 18.7 Å². The van der Waals surface area contributed by atoms with Gasteiger partial charge in [0.25, 0.3) is 16.8 Å². The van der Waals surface area contributed by atoms with E-state index in [1.54, 1.807) is 6.07 Å². The SMILES string of the molecule is Cc1ccc(NC(=O)CN2C(=O)S/C(=C\c3cc4c(cc3[N+](=O)[O-])OCO4)C2=O)c(C)c1. The van der Waals surface area contributed by atoms with Crippen LogP contribution in [0.15, 0.2) is 35.2 Å². The fraction of sp³-hybridized carbons (Fsp3) is 0.190. The molecule has 4 rings (SSSR count). The summed E-state index contributed by atoms with van der Waals surface area (Å²) in [6.07, 6.45) is 1.24. The largest absolute Gasteiger partial charge is 0.454 e. The van der Waals surface area contributed by atoms with E-state index in [1.807, 2.05) is 26.0 Å². The number of aryl methyl sites for hydroxylation is 2. The van der Waals surface area contributed by atoms with E-state index in [0.29, 0.717) is 23.2 Å². The minimum absolute atomic E-state index is 0.0312. The van der Waals surface area contributed by atoms with E-state index in [0.717, 1.165) is 16.0 Å². The molecule has 2 aromatic rings. The highest BCUT2D eigenvalue weighted by molar-refractivity contribution is 8.18. The van der Waals surface area contributed by atoms with Crippen molar-refractivity contribution in [3.63, 3.8) is 0 Å². The van der Waals surface area contributed by atoms with Crippen molar-refractivity contribution in [2.45, 2.75) is 13.8 Å². The first-order valence-electron chi connectivity index (χ1n) is 9.43. The van der Waals surface area contributed by atoms with Gasteiger partial charge in [0.1, 0.15) is 6.54 Å². The molecule has 2 aliphatic heterocycles. The van der Waals surface area contributed by atoms with Crippen LogP contribution in [0.4, 0.5) is 16.2 Å². The number of nitro benzene ring substituents is 1. The van der Waals surface area contributed by atoms with E-state index in [1.165, 1.54) is 18.2 Å². The molecule has 0 saturated carbocycles. The number of carbonyl (C=O) groups excluding carboxylic acids is 3. The molecule has 2 aliphatic rings. The topological polar surface area (TPSA) is 128 Å². The molecule has 0 bridgehead atoms. The number of hydrogen-bond donors (Lipinski definition) is 1. The van der Waals surface area contributed by atoms with Crippen LogP contribution in [0, 0.1) is 24.0 Å². The van der Waals surface area contributed by atoms with Gasteiger partial charge in [-0.2, -0.15) is 0 Å². The number of fused-ring (bicyclic) bond motifs is 1. The molecule has 164 valence electrons. The summed E-state index contributed by atoms with van der Waals surface area (Å²) >= 11 is 0.608. The van der Waals surface area contributed by atoms with Crippen LogP contribution in [0.2, 0.25) is 0 Å². The molecule has 0 unspecified atom stereocenters. The van der Waals surface area contributed by atoms with Gasteiger partial charge in [-0.25, -0.2) is 0 Å². The maximum absolute atomic E-state index is 12.7. The smallest absolute Gasteiger partial charge is 0.294 e. The van der Waals surface area contributed by atoms with E-state index < -0.39 is 28.5 Å². The molecule has 2 heterocycles. The minimum atomic E-state index is -0.706. The Hall–Kier alpha value is -3.86. The van der Waals surface area contributed by atoms with Crippen LogP contribution < -0.4 is 14.8 Å². The van der Waals surface area contributed by atoms with Crippen LogP contribution in [0.3, 0.4) is 0 Å². The number of carbonyl (C=O) groups is 3. The van der Waals surface area contributed by atoms with Crippen molar-refractivity contribution in [1.82, 2.24) is 4.90 Å². The Labute approximate surface area is 186 Å². The first-order chi connectivity index (χ1) is 15.2. The maximum Gasteiger partial charge on any atom is 0.294 e. The summed E-state index contributed by atoms with van der Waals surface area (Å²) in [4.78, 5) is 49.1. The number of rotatable bonds is 5. The number of benzene rings is 2. The predicted molar refractivity (Wildman–Crippen MR) is 116 cm³/mol. The van der Waals surface area contributed by atoms with Gasteiger partial charge >= 0.3 is 0 Å². The first-order valence-corrected chi connectivity index (χ1v) is 10.2. The zero-order chi connectivity index (χ0) is 23.0. The molecule has 1 fully saturated rings. The van der Waals surface area contributed by atoms with E-state index in [9.17, 15) is 24.5 Å². The van der Waals surface area contributed by atoms with E-state index in [-0.39, 0.29) is 28.7 Å². The summed E-state index contributed by atoms with van der Waals surface area (Å²) in [5, 5.41) is 13.5. The molecule has 11 heteroatoms. The fourth-order valence-electron chi connectivity index (χ4n) is 3.29. The van der Waals surface area contributed by atoms with Crippen LogP contribution in [0.1, 0.15) is 16.7 Å². The summed E-state index contributed by atoms with van der Waals surface area (Å²) < 4.78 is 10.4. The van der Waals surface area contributed by atoms with Crippen molar-refractivity contribution >= 4 is 46.3 Å². The summed E-state index contributed by atoms with van der Waals surface area (Å²) in [5.41, 5.74) is 2.26. The van der Waals surface area contributed by atoms with Gasteiger partial charge in [0.15, 0.2) is 11.5 Å². The van der Waals surface area contributed by atoms with Gasteiger partial charge in [0.05, 0.1) is 21.5 Å². The van der Waals surface area contributed by atoms with Gasteiger partial charge in [0, 0.05) is 5.69 Å². The van der Waals surface area contributed by atoms with Crippen LogP contribution in [0.5, 0.6) is 11.5 Å². The molecule has 32 heavy (non-hydrogen) atoms. The molecular formula is C21H17N3O7S. The Balaban J connectivity index is 1.54. The van der Waals surface area contributed by atoms with Crippen LogP contribution in [-0.4, -0.2) is 40.2 Å². The molecular weight excluding hydrogens is 438 g/mol. The van der Waals surface area contributed by atoms with Crippen LogP contribution in [-0.2, 0) is 9.59 Å². The monoisotopic (exact) mass is 455 g/mol. The van der Waals surface area contributed by atoms with Gasteiger partial charge in [0.2, 0.25) is 12.7 Å². The lowest BCUT2D eigenvalue weighted by atomic mass is 10.1. The van der Waals surface area contributed by atoms with Gasteiger partial charge in [-0.3, -0.25) is 29.4 Å². The molecule has 0 aliphatic carbocycles. The van der Waals surface area contributed by atoms with Crippen molar-refractivity contribution in [3.8, 4) is 11.5 Å². The Morgan fingerprint density at radius 3 is 2.62 bits per heavy atom. The Morgan fingerprint density at radius 2 is 1.94 bits per heavy atom. The number of anilines is 1. The molecule has 0 aromatic heterocycles. The van der Waals surface area contributed by atoms with Gasteiger partial charge < -0.3 is 14.8 Å². The number of nitrogens with zero attached hydrogens (tertiary/aromatic N) is 2. The van der Waals surface area contributed by atoms with Crippen molar-refractivity contribution in [3.05, 3.63) is 62.0 Å². The normalized spacial score (nSPS) is 16.1. The first kappa shape index (κ1) is 21.4. The quantitative estimate of drug-likeness (QED) is 0.411. The molecule has 1 saturated heterocycles. The van der Waals surface area contributed by atoms with Crippen molar-refractivity contribution < 1.29 is 28.8 Å². The highest BCUT2D eigenvalue weighted by atomic mass is 32.2. The highest BCUT2D eigenvalue weighted by Crippen LogP contribution is 2.40. The Kier molecular flexibility index (Phi) is 5.57. The number of amides is 3. The van der Waals surface area contributed by atoms with E-state index in [4.69, 9.17) is 9.47 Å². The zero-order valence-electron chi connectivity index (χ0n) is 17.0. The number of nitrogens with one attached hydrogen (secondary N) is 1. The third-order valence-corrected chi connectivity index (χ3v) is 5.74. The van der Waals surface area contributed by atoms with Gasteiger partial charge in [-0.1, -0.05) is 17.7 Å². The molecule has 3 amide bonds. The molecule has 1 N–H and O–H groups in total. The standard InChI is InChI=1S/C21H17N3O7S/c1-11-3-4-14(12(2)5-11)22-19(25)9-23-20(26)18(32-21(23)27)7-13-6-16-17(31-10-30-16)8-15(13)24(28)29/h3-8H,9-10H2,1-2H3,(H,22,25)/b18-7-. The molecule has 0 spiro atoms. The number of thioether (sulfide) groups is 1. The summed E-state index contributed by atoms with van der Waals surface area (Å²) in [7, 11) is 0. The summed E-state index contributed by atoms with van der Waals surface area (Å²) in [5.74, 6) is -0.712. The molecule has 0 radical (unpaired) electrons. The summed E-state index contributed by atoms with van der Waals surface area (Å²) in [6.45, 7) is 3.22. The fourth-order valence-corrected chi connectivity index (χ4v) is 4.11. The number of nitro groups is 1. The van der Waals surface area contributed by atoms with E-state index >= 15 is 0 Å². The van der Waals surface area contributed by atoms with Crippen LogP contribution in [0.25, 0.3) is 6.08 Å². The van der Waals surface area contributed by atoms with Crippen molar-refractivity contribution in [1.29, 1.82) is 0 Å².